The van der Waals surface area contributed by atoms with Crippen molar-refractivity contribution in [2.45, 2.75) is 50.2 Å². The Morgan fingerprint density at radius 3 is 2.37 bits per heavy atom. The van der Waals surface area contributed by atoms with Crippen molar-refractivity contribution in [3.8, 4) is 0 Å². The molecule has 3 unspecified atom stereocenters. The summed E-state index contributed by atoms with van der Waals surface area (Å²) in [5, 5.41) is 17.1. The molecule has 0 radical (unpaired) electrons. The van der Waals surface area contributed by atoms with Gasteiger partial charge in [0.2, 0.25) is 17.7 Å². The molecule has 1 aromatic carbocycles. The lowest BCUT2D eigenvalue weighted by Gasteiger charge is -2.21. The van der Waals surface area contributed by atoms with Crippen LogP contribution >= 0.6 is 0 Å². The number of imidazole rings is 1. The minimum Gasteiger partial charge on any atom is -0.480 e. The molecule has 190 valence electrons. The third kappa shape index (κ3) is 9.94. The Morgan fingerprint density at radius 2 is 1.74 bits per heavy atom. The topological polar surface area (TPSA) is 205 Å². The van der Waals surface area contributed by atoms with E-state index in [2.05, 4.69) is 25.9 Å². The summed E-state index contributed by atoms with van der Waals surface area (Å²) in [5.74, 6) is -2.99. The number of rotatable bonds is 15. The molecule has 3 amide bonds. The Hall–Kier alpha value is -3.77. The first-order valence-corrected chi connectivity index (χ1v) is 11.4. The second-order valence-corrected chi connectivity index (χ2v) is 8.10. The molecule has 0 bridgehead atoms. The smallest absolute Gasteiger partial charge is 0.326 e. The number of aromatic amines is 1. The van der Waals surface area contributed by atoms with E-state index in [-0.39, 0.29) is 19.4 Å². The van der Waals surface area contributed by atoms with Gasteiger partial charge >= 0.3 is 5.97 Å². The fourth-order valence-electron chi connectivity index (χ4n) is 3.33. The van der Waals surface area contributed by atoms with Gasteiger partial charge in [-0.05, 0) is 24.9 Å². The summed E-state index contributed by atoms with van der Waals surface area (Å²) in [7, 11) is 0. The number of nitrogens with two attached hydrogens (primary N) is 2. The van der Waals surface area contributed by atoms with Crippen LogP contribution in [0.25, 0.3) is 0 Å². The number of carbonyl (C=O) groups is 4. The molecule has 12 heteroatoms. The molecule has 2 rings (SSSR count). The summed E-state index contributed by atoms with van der Waals surface area (Å²) in [4.78, 5) is 56.0. The number of nitrogens with one attached hydrogen (secondary N) is 4. The lowest BCUT2D eigenvalue weighted by molar-refractivity contribution is -0.142. The van der Waals surface area contributed by atoms with Crippen molar-refractivity contribution < 1.29 is 24.3 Å². The van der Waals surface area contributed by atoms with Gasteiger partial charge < -0.3 is 37.5 Å². The Balaban J connectivity index is 1.98. The zero-order valence-electron chi connectivity index (χ0n) is 19.4. The maximum absolute atomic E-state index is 13.0. The quantitative estimate of drug-likeness (QED) is 0.152. The molecular formula is C23H33N7O5. The maximum atomic E-state index is 13.0. The number of hydrogen-bond donors (Lipinski definition) is 7. The van der Waals surface area contributed by atoms with Crippen LogP contribution < -0.4 is 27.4 Å². The van der Waals surface area contributed by atoms with Crippen LogP contribution in [0.5, 0.6) is 0 Å². The molecule has 2 aromatic rings. The third-order valence-electron chi connectivity index (χ3n) is 5.26. The van der Waals surface area contributed by atoms with Gasteiger partial charge in [-0.15, -0.1) is 0 Å². The number of hydrogen-bond acceptors (Lipinski definition) is 7. The van der Waals surface area contributed by atoms with Gasteiger partial charge in [0, 0.05) is 24.7 Å². The average molecular weight is 488 g/mol. The molecule has 0 fully saturated rings. The van der Waals surface area contributed by atoms with Gasteiger partial charge in [-0.1, -0.05) is 36.8 Å². The first-order chi connectivity index (χ1) is 16.8. The number of aliphatic carboxylic acids is 1. The molecule has 0 saturated heterocycles. The highest BCUT2D eigenvalue weighted by Gasteiger charge is 2.27. The summed E-state index contributed by atoms with van der Waals surface area (Å²) in [6.07, 6.45) is 4.91. The lowest BCUT2D eigenvalue weighted by atomic mass is 10.0. The molecule has 0 aliphatic heterocycles. The van der Waals surface area contributed by atoms with Crippen molar-refractivity contribution in [2.24, 2.45) is 11.5 Å². The Morgan fingerprint density at radius 1 is 1.00 bits per heavy atom. The number of benzene rings is 1. The van der Waals surface area contributed by atoms with Crippen LogP contribution in [-0.2, 0) is 32.0 Å². The number of aromatic nitrogens is 2. The summed E-state index contributed by atoms with van der Waals surface area (Å²) in [5.41, 5.74) is 12.5. The minimum atomic E-state index is -1.20. The standard InChI is InChI=1S/C23H33N7O5/c24-9-5-4-8-17(25)21(32)27-13-20(31)29-18(11-16-12-26-14-28-16)22(33)30-19(23(34)35)10-15-6-2-1-3-7-15/h1-3,6-7,12,14,17-19H,4-5,8-11,13,24-25H2,(H,26,28)(H,27,32)(H,29,31)(H,30,33)(H,34,35). The predicted octanol–water partition coefficient (Wildman–Crippen LogP) is -1.18. The molecule has 1 aromatic heterocycles. The Labute approximate surface area is 203 Å². The van der Waals surface area contributed by atoms with Crippen molar-refractivity contribution in [3.63, 3.8) is 0 Å². The highest BCUT2D eigenvalue weighted by Crippen LogP contribution is 2.06. The molecular weight excluding hydrogens is 454 g/mol. The van der Waals surface area contributed by atoms with E-state index in [0.29, 0.717) is 25.1 Å². The average Bonchev–Trinajstić information content (AvgIpc) is 3.35. The van der Waals surface area contributed by atoms with Crippen molar-refractivity contribution >= 4 is 23.7 Å². The van der Waals surface area contributed by atoms with Crippen LogP contribution in [0.1, 0.15) is 30.5 Å². The van der Waals surface area contributed by atoms with E-state index in [0.717, 1.165) is 12.0 Å². The number of H-pyrrole nitrogens is 1. The van der Waals surface area contributed by atoms with Crippen molar-refractivity contribution in [3.05, 3.63) is 54.1 Å². The molecule has 0 spiro atoms. The minimum absolute atomic E-state index is 0.0435. The lowest BCUT2D eigenvalue weighted by Crippen LogP contribution is -2.54. The second-order valence-electron chi connectivity index (χ2n) is 8.10. The van der Waals surface area contributed by atoms with Gasteiger partial charge in [-0.2, -0.15) is 0 Å². The molecule has 0 aliphatic carbocycles. The van der Waals surface area contributed by atoms with E-state index >= 15 is 0 Å². The molecule has 12 nitrogen and oxygen atoms in total. The number of carbonyl (C=O) groups excluding carboxylic acids is 3. The number of unbranched alkanes of at least 4 members (excludes halogenated alkanes) is 1. The fourth-order valence-corrected chi connectivity index (χ4v) is 3.33. The zero-order valence-corrected chi connectivity index (χ0v) is 19.4. The van der Waals surface area contributed by atoms with E-state index < -0.39 is 41.8 Å². The monoisotopic (exact) mass is 487 g/mol. The highest BCUT2D eigenvalue weighted by molar-refractivity contribution is 5.92. The van der Waals surface area contributed by atoms with E-state index in [1.807, 2.05) is 0 Å². The molecule has 0 saturated carbocycles. The van der Waals surface area contributed by atoms with Gasteiger partial charge in [-0.3, -0.25) is 14.4 Å². The molecule has 9 N–H and O–H groups in total. The van der Waals surface area contributed by atoms with Crippen LogP contribution in [0.4, 0.5) is 0 Å². The van der Waals surface area contributed by atoms with Crippen LogP contribution in [-0.4, -0.2) is 70.0 Å². The van der Waals surface area contributed by atoms with Crippen LogP contribution in [0, 0.1) is 0 Å². The highest BCUT2D eigenvalue weighted by atomic mass is 16.4. The Bertz CT molecular complexity index is 952. The largest absolute Gasteiger partial charge is 0.480 e. The van der Waals surface area contributed by atoms with Crippen molar-refractivity contribution in [1.82, 2.24) is 25.9 Å². The van der Waals surface area contributed by atoms with Crippen molar-refractivity contribution in [1.29, 1.82) is 0 Å². The number of nitrogens with zero attached hydrogens (tertiary/aromatic N) is 1. The summed E-state index contributed by atoms with van der Waals surface area (Å²) >= 11 is 0. The molecule has 0 aliphatic rings. The number of amides is 3. The predicted molar refractivity (Wildman–Crippen MR) is 128 cm³/mol. The number of carboxylic acids is 1. The molecule has 1 heterocycles. The van der Waals surface area contributed by atoms with Crippen LogP contribution in [0.3, 0.4) is 0 Å². The van der Waals surface area contributed by atoms with Gasteiger partial charge in [0.25, 0.3) is 0 Å². The maximum Gasteiger partial charge on any atom is 0.326 e. The van der Waals surface area contributed by atoms with Gasteiger partial charge in [0.1, 0.15) is 12.1 Å². The zero-order chi connectivity index (χ0) is 25.6. The fraction of sp³-hybridized carbons (Fsp3) is 0.435. The van der Waals surface area contributed by atoms with E-state index in [1.165, 1.54) is 12.5 Å². The SMILES string of the molecule is NCCCCC(N)C(=O)NCC(=O)NC(Cc1cnc[nH]1)C(=O)NC(Cc1ccccc1)C(=O)O. The third-order valence-corrected chi connectivity index (χ3v) is 5.26. The van der Waals surface area contributed by atoms with Crippen LogP contribution in [0.2, 0.25) is 0 Å². The van der Waals surface area contributed by atoms with E-state index in [4.69, 9.17) is 11.5 Å². The van der Waals surface area contributed by atoms with Gasteiger partial charge in [-0.25, -0.2) is 9.78 Å². The van der Waals surface area contributed by atoms with E-state index in [9.17, 15) is 24.3 Å². The first-order valence-electron chi connectivity index (χ1n) is 11.4. The van der Waals surface area contributed by atoms with E-state index in [1.54, 1.807) is 30.3 Å². The summed E-state index contributed by atoms with van der Waals surface area (Å²) < 4.78 is 0. The van der Waals surface area contributed by atoms with Gasteiger partial charge in [0.05, 0.1) is 18.9 Å². The summed E-state index contributed by atoms with van der Waals surface area (Å²) in [6, 6.07) is 5.80. The normalized spacial score (nSPS) is 13.3. The number of carboxylic acid groups (broad SMARTS) is 1. The Kier molecular flexibility index (Phi) is 11.4. The van der Waals surface area contributed by atoms with Gasteiger partial charge in [0.15, 0.2) is 0 Å². The van der Waals surface area contributed by atoms with Crippen LogP contribution in [0.15, 0.2) is 42.9 Å². The van der Waals surface area contributed by atoms with Crippen molar-refractivity contribution in [2.75, 3.05) is 13.1 Å². The molecule has 3 atom stereocenters. The molecule has 35 heavy (non-hydrogen) atoms. The first kappa shape index (κ1) is 27.5. The summed E-state index contributed by atoms with van der Waals surface area (Å²) in [6.45, 7) is 0.118. The second kappa shape index (κ2) is 14.5.